The molecule has 0 radical (unpaired) electrons. The molecule has 8 aromatic carbocycles. The molecular formula is C51H35NO2. The highest BCUT2D eigenvalue weighted by Crippen LogP contribution is 2.52. The van der Waals surface area contributed by atoms with Gasteiger partial charge in [-0.1, -0.05) is 129 Å². The summed E-state index contributed by atoms with van der Waals surface area (Å²) < 4.78 is 12.6. The molecular weight excluding hydrogens is 659 g/mol. The van der Waals surface area contributed by atoms with Crippen LogP contribution in [0.2, 0.25) is 0 Å². The van der Waals surface area contributed by atoms with Gasteiger partial charge in [-0.3, -0.25) is 0 Å². The summed E-state index contributed by atoms with van der Waals surface area (Å²) in [4.78, 5) is 2.42. The van der Waals surface area contributed by atoms with Gasteiger partial charge in [0.2, 0.25) is 0 Å². The molecule has 0 fully saturated rings. The molecule has 0 atom stereocenters. The Bertz CT molecular complexity index is 3090. The van der Waals surface area contributed by atoms with Crippen molar-refractivity contribution in [3.63, 3.8) is 0 Å². The molecule has 3 heteroatoms. The van der Waals surface area contributed by atoms with Crippen molar-refractivity contribution in [2.75, 3.05) is 4.90 Å². The zero-order chi connectivity index (χ0) is 36.0. The van der Waals surface area contributed by atoms with Crippen LogP contribution in [0.1, 0.15) is 25.0 Å². The molecule has 256 valence electrons. The lowest BCUT2D eigenvalue weighted by Gasteiger charge is -2.30. The number of furan rings is 2. The molecule has 0 saturated carbocycles. The van der Waals surface area contributed by atoms with Crippen molar-refractivity contribution in [1.82, 2.24) is 0 Å². The van der Waals surface area contributed by atoms with Gasteiger partial charge < -0.3 is 13.7 Å². The fourth-order valence-corrected chi connectivity index (χ4v) is 8.86. The second-order valence-electron chi connectivity index (χ2n) is 14.9. The van der Waals surface area contributed by atoms with Gasteiger partial charge in [-0.15, -0.1) is 0 Å². The lowest BCUT2D eigenvalue weighted by Crippen LogP contribution is -2.16. The predicted octanol–water partition coefficient (Wildman–Crippen LogP) is 14.6. The minimum atomic E-state index is -0.131. The molecule has 0 saturated heterocycles. The number of benzene rings is 8. The largest absolute Gasteiger partial charge is 0.456 e. The van der Waals surface area contributed by atoms with Crippen molar-refractivity contribution < 1.29 is 8.83 Å². The van der Waals surface area contributed by atoms with Crippen LogP contribution in [0.4, 0.5) is 17.1 Å². The molecule has 2 heterocycles. The third-order valence-electron chi connectivity index (χ3n) is 11.5. The lowest BCUT2D eigenvalue weighted by molar-refractivity contribution is 0.660. The third-order valence-corrected chi connectivity index (χ3v) is 11.5. The monoisotopic (exact) mass is 693 g/mol. The highest BCUT2D eigenvalue weighted by atomic mass is 16.3. The molecule has 0 aliphatic heterocycles. The Kier molecular flexibility index (Phi) is 6.60. The van der Waals surface area contributed by atoms with E-state index in [0.29, 0.717) is 0 Å². The molecule has 0 spiro atoms. The van der Waals surface area contributed by atoms with Crippen molar-refractivity contribution in [3.05, 3.63) is 187 Å². The average Bonchev–Trinajstić information content (AvgIpc) is 3.86. The average molecular weight is 694 g/mol. The Labute approximate surface area is 313 Å². The second-order valence-corrected chi connectivity index (χ2v) is 14.9. The molecule has 0 bridgehead atoms. The van der Waals surface area contributed by atoms with Gasteiger partial charge in [0.25, 0.3) is 0 Å². The predicted molar refractivity (Wildman–Crippen MR) is 224 cm³/mol. The maximum absolute atomic E-state index is 6.37. The molecule has 0 N–H and O–H groups in total. The van der Waals surface area contributed by atoms with E-state index in [1.165, 1.54) is 22.3 Å². The molecule has 54 heavy (non-hydrogen) atoms. The Balaban J connectivity index is 1.09. The van der Waals surface area contributed by atoms with Crippen molar-refractivity contribution in [2.45, 2.75) is 19.3 Å². The van der Waals surface area contributed by atoms with Crippen molar-refractivity contribution in [1.29, 1.82) is 0 Å². The van der Waals surface area contributed by atoms with Crippen LogP contribution in [0.25, 0.3) is 77.3 Å². The van der Waals surface area contributed by atoms with E-state index in [2.05, 4.69) is 176 Å². The van der Waals surface area contributed by atoms with E-state index >= 15 is 0 Å². The summed E-state index contributed by atoms with van der Waals surface area (Å²) in [6.07, 6.45) is 0. The number of para-hydroxylation sites is 3. The van der Waals surface area contributed by atoms with Crippen molar-refractivity contribution in [3.8, 4) is 33.4 Å². The number of hydrogen-bond donors (Lipinski definition) is 0. The number of hydrogen-bond acceptors (Lipinski definition) is 3. The van der Waals surface area contributed by atoms with E-state index in [-0.39, 0.29) is 5.41 Å². The van der Waals surface area contributed by atoms with Gasteiger partial charge in [-0.2, -0.15) is 0 Å². The van der Waals surface area contributed by atoms with Crippen molar-refractivity contribution in [2.24, 2.45) is 0 Å². The van der Waals surface area contributed by atoms with Gasteiger partial charge in [-0.05, 0) is 99.6 Å². The topological polar surface area (TPSA) is 29.5 Å². The Hall–Kier alpha value is -6.84. The molecule has 1 aliphatic carbocycles. The van der Waals surface area contributed by atoms with Crippen LogP contribution in [0.3, 0.4) is 0 Å². The van der Waals surface area contributed by atoms with E-state index in [4.69, 9.17) is 8.83 Å². The molecule has 0 amide bonds. The number of rotatable bonds is 5. The first kappa shape index (κ1) is 30.8. The molecule has 10 aromatic rings. The van der Waals surface area contributed by atoms with Crippen LogP contribution in [0.15, 0.2) is 185 Å². The van der Waals surface area contributed by atoms with Gasteiger partial charge in [0.15, 0.2) is 0 Å². The van der Waals surface area contributed by atoms with Gasteiger partial charge >= 0.3 is 0 Å². The third kappa shape index (κ3) is 4.55. The maximum Gasteiger partial charge on any atom is 0.136 e. The van der Waals surface area contributed by atoms with E-state index in [1.54, 1.807) is 0 Å². The Morgan fingerprint density at radius 3 is 1.83 bits per heavy atom. The SMILES string of the molecule is CC1(C)c2ccccc2-c2ccc(N(c3ccc(-c4ccc5c(c4)oc4ccccc45)cc3)c3ccccc3-c3cccc4oc5ccccc5c34)cc21. The van der Waals surface area contributed by atoms with Crippen LogP contribution in [0, 0.1) is 0 Å². The quantitative estimate of drug-likeness (QED) is 0.180. The molecule has 2 aromatic heterocycles. The highest BCUT2D eigenvalue weighted by Gasteiger charge is 2.36. The van der Waals surface area contributed by atoms with Crippen LogP contribution >= 0.6 is 0 Å². The normalized spacial score (nSPS) is 13.1. The van der Waals surface area contributed by atoms with Crippen LogP contribution in [0.5, 0.6) is 0 Å². The smallest absolute Gasteiger partial charge is 0.136 e. The summed E-state index contributed by atoms with van der Waals surface area (Å²) in [5, 5.41) is 4.52. The summed E-state index contributed by atoms with van der Waals surface area (Å²) in [5.41, 5.74) is 16.6. The van der Waals surface area contributed by atoms with Crippen LogP contribution in [-0.4, -0.2) is 0 Å². The number of nitrogens with zero attached hydrogens (tertiary/aromatic N) is 1. The minimum Gasteiger partial charge on any atom is -0.456 e. The zero-order valence-corrected chi connectivity index (χ0v) is 30.0. The van der Waals surface area contributed by atoms with Crippen LogP contribution < -0.4 is 4.90 Å². The van der Waals surface area contributed by atoms with Gasteiger partial charge in [0, 0.05) is 43.9 Å². The summed E-state index contributed by atoms with van der Waals surface area (Å²) in [5.74, 6) is 0. The maximum atomic E-state index is 6.37. The Morgan fingerprint density at radius 2 is 0.981 bits per heavy atom. The Morgan fingerprint density at radius 1 is 0.389 bits per heavy atom. The molecule has 3 nitrogen and oxygen atoms in total. The van der Waals surface area contributed by atoms with Crippen molar-refractivity contribution >= 4 is 60.9 Å². The van der Waals surface area contributed by atoms with Gasteiger partial charge in [0.1, 0.15) is 22.3 Å². The minimum absolute atomic E-state index is 0.131. The first-order valence-corrected chi connectivity index (χ1v) is 18.6. The van der Waals surface area contributed by atoms with E-state index in [1.807, 2.05) is 18.2 Å². The van der Waals surface area contributed by atoms with E-state index in [9.17, 15) is 0 Å². The standard InChI is InChI=1S/C51H35NO2/c1-51(2)43-17-7-3-12-36(43)37-29-27-35(31-44(37)51)52(34-25-22-32(23-26-34)33-24-28-40-39-14-5-9-19-46(39)54-49(40)30-33)45-18-8-4-13-38(45)41-16-11-21-48-50(41)42-15-6-10-20-47(42)53-48/h3-31H,1-2H3. The van der Waals surface area contributed by atoms with E-state index < -0.39 is 0 Å². The van der Waals surface area contributed by atoms with E-state index in [0.717, 1.165) is 83.2 Å². The van der Waals surface area contributed by atoms with Gasteiger partial charge in [0.05, 0.1) is 5.69 Å². The first-order chi connectivity index (χ1) is 26.5. The fraction of sp³-hybridized carbons (Fsp3) is 0.0588. The molecule has 11 rings (SSSR count). The van der Waals surface area contributed by atoms with Crippen LogP contribution in [-0.2, 0) is 5.41 Å². The lowest BCUT2D eigenvalue weighted by atomic mass is 9.82. The molecule has 1 aliphatic rings. The number of anilines is 3. The zero-order valence-electron chi connectivity index (χ0n) is 30.0. The highest BCUT2D eigenvalue weighted by molar-refractivity contribution is 6.14. The summed E-state index contributed by atoms with van der Waals surface area (Å²) in [7, 11) is 0. The summed E-state index contributed by atoms with van der Waals surface area (Å²) >= 11 is 0. The molecule has 0 unspecified atom stereocenters. The fourth-order valence-electron chi connectivity index (χ4n) is 8.86. The summed E-state index contributed by atoms with van der Waals surface area (Å²) in [6, 6.07) is 63.0. The summed E-state index contributed by atoms with van der Waals surface area (Å²) in [6.45, 7) is 4.69. The first-order valence-electron chi connectivity index (χ1n) is 18.6. The van der Waals surface area contributed by atoms with Gasteiger partial charge in [-0.25, -0.2) is 0 Å². The number of fused-ring (bicyclic) bond motifs is 9. The second kappa shape index (κ2) is 11.6.